The van der Waals surface area contributed by atoms with E-state index in [2.05, 4.69) is 26.9 Å². The number of carbonyl (C=O) groups is 4. The molecular weight excluding hydrogens is 670 g/mol. The van der Waals surface area contributed by atoms with Crippen molar-refractivity contribution in [3.63, 3.8) is 0 Å². The molecule has 1 aromatic heterocycles. The number of rotatable bonds is 12. The summed E-state index contributed by atoms with van der Waals surface area (Å²) < 4.78 is 44.3. The van der Waals surface area contributed by atoms with Gasteiger partial charge in [0.1, 0.15) is 35.1 Å². The van der Waals surface area contributed by atoms with Crippen LogP contribution in [-0.4, -0.2) is 101 Å². The maximum absolute atomic E-state index is 14.3. The van der Waals surface area contributed by atoms with Crippen LogP contribution in [0.1, 0.15) is 60.3 Å². The molecule has 0 radical (unpaired) electrons. The van der Waals surface area contributed by atoms with E-state index in [1.165, 1.54) is 24.8 Å². The molecule has 50 heavy (non-hydrogen) atoms. The van der Waals surface area contributed by atoms with Gasteiger partial charge in [-0.2, -0.15) is 0 Å². The number of alkyl carbamates (subject to hydrolysis) is 1. The molecule has 5 rings (SSSR count). The Morgan fingerprint density at radius 1 is 1.14 bits per heavy atom. The highest BCUT2D eigenvalue weighted by molar-refractivity contribution is 7.91. The Balaban J connectivity index is 1.44. The van der Waals surface area contributed by atoms with E-state index in [4.69, 9.17) is 14.2 Å². The highest BCUT2D eigenvalue weighted by Crippen LogP contribution is 2.45. The Hall–Kier alpha value is -4.44. The van der Waals surface area contributed by atoms with Crippen molar-refractivity contribution in [2.45, 2.75) is 100 Å². The second kappa shape index (κ2) is 13.4. The Morgan fingerprint density at radius 2 is 1.84 bits per heavy atom. The van der Waals surface area contributed by atoms with E-state index in [1.54, 1.807) is 58.3 Å². The van der Waals surface area contributed by atoms with E-state index >= 15 is 0 Å². The number of sulfonamides is 1. The summed E-state index contributed by atoms with van der Waals surface area (Å²) in [6, 6.07) is 4.28. The number of pyridine rings is 1. The van der Waals surface area contributed by atoms with Crippen LogP contribution in [0.3, 0.4) is 0 Å². The molecule has 16 heteroatoms. The molecule has 15 nitrogen and oxygen atoms in total. The normalized spacial score (nSPS) is 24.1. The van der Waals surface area contributed by atoms with Crippen LogP contribution >= 0.6 is 0 Å². The van der Waals surface area contributed by atoms with Gasteiger partial charge in [-0.05, 0) is 83.5 Å². The molecule has 2 saturated carbocycles. The third-order valence-corrected chi connectivity index (χ3v) is 10.7. The minimum absolute atomic E-state index is 0.0619. The van der Waals surface area contributed by atoms with Gasteiger partial charge in [0.25, 0.3) is 5.91 Å². The number of likely N-dealkylation sites (tertiary alicyclic amines) is 1. The topological polar surface area (TPSA) is 203 Å². The summed E-state index contributed by atoms with van der Waals surface area (Å²) in [6.07, 6.45) is 2.17. The highest BCUT2D eigenvalue weighted by Gasteiger charge is 2.62. The van der Waals surface area contributed by atoms with Gasteiger partial charge in [0, 0.05) is 23.9 Å². The van der Waals surface area contributed by atoms with E-state index in [0.717, 1.165) is 5.39 Å². The molecule has 1 aromatic carbocycles. The number of aromatic nitrogens is 1. The molecule has 2 heterocycles. The zero-order chi connectivity index (χ0) is 36.8. The molecule has 3 fully saturated rings. The number of amides is 4. The third kappa shape index (κ3) is 7.96. The number of carbonyl (C=O) groups excluding carboxylic acids is 4. The molecule has 2 aliphatic carbocycles. The number of hydrogen-bond donors (Lipinski definition) is 4. The Labute approximate surface area is 291 Å². The molecule has 4 N–H and O–H groups in total. The van der Waals surface area contributed by atoms with Crippen LogP contribution < -0.4 is 24.8 Å². The average molecular weight is 716 g/mol. The number of hydrogen-bond acceptors (Lipinski definition) is 11. The molecule has 2 aromatic rings. The van der Waals surface area contributed by atoms with Gasteiger partial charge in [-0.15, -0.1) is 6.58 Å². The Morgan fingerprint density at radius 3 is 2.42 bits per heavy atom. The molecular formula is C34H45N5O10S. The quantitative estimate of drug-likeness (QED) is 0.234. The summed E-state index contributed by atoms with van der Waals surface area (Å²) in [7, 11) is -2.37. The van der Waals surface area contributed by atoms with Crippen molar-refractivity contribution in [2.75, 3.05) is 13.7 Å². The van der Waals surface area contributed by atoms with Crippen LogP contribution in [0.4, 0.5) is 4.79 Å². The number of ether oxygens (including phenoxy) is 3. The summed E-state index contributed by atoms with van der Waals surface area (Å²) in [4.78, 5) is 60.1. The molecule has 0 spiro atoms. The van der Waals surface area contributed by atoms with Crippen LogP contribution in [0, 0.1) is 5.92 Å². The zero-order valence-electron chi connectivity index (χ0n) is 29.0. The molecule has 1 aliphatic heterocycles. The van der Waals surface area contributed by atoms with Crippen molar-refractivity contribution in [3.8, 4) is 11.6 Å². The monoisotopic (exact) mass is 715 g/mol. The van der Waals surface area contributed by atoms with Gasteiger partial charge in [-0.1, -0.05) is 6.08 Å². The number of benzene rings is 1. The van der Waals surface area contributed by atoms with Crippen LogP contribution in [-0.2, 0) is 29.1 Å². The van der Waals surface area contributed by atoms with Crippen LogP contribution in [0.25, 0.3) is 10.8 Å². The van der Waals surface area contributed by atoms with E-state index in [-0.39, 0.29) is 25.3 Å². The molecule has 1 saturated heterocycles. The van der Waals surface area contributed by atoms with Gasteiger partial charge < -0.3 is 34.9 Å². The van der Waals surface area contributed by atoms with Crippen LogP contribution in [0.5, 0.6) is 11.6 Å². The summed E-state index contributed by atoms with van der Waals surface area (Å²) in [5, 5.41) is 17.0. The lowest BCUT2D eigenvalue weighted by Crippen LogP contribution is -2.62. The highest BCUT2D eigenvalue weighted by atomic mass is 32.2. The molecule has 0 bridgehead atoms. The Bertz CT molecular complexity index is 1800. The van der Waals surface area contributed by atoms with E-state index in [9.17, 15) is 32.7 Å². The second-order valence-corrected chi connectivity index (χ2v) is 16.6. The predicted octanol–water partition coefficient (Wildman–Crippen LogP) is 1.93. The first-order valence-electron chi connectivity index (χ1n) is 16.4. The van der Waals surface area contributed by atoms with Crippen LogP contribution in [0.15, 0.2) is 43.1 Å². The first-order chi connectivity index (χ1) is 23.3. The standard InChI is InChI=1S/C34H45N5O10S/c1-8-20-17-34(20,30(42)38-50(45,46)23-10-11-23)37-27(40)25-16-22(48-28-24-12-9-21(47-7)15-19(24)13-14-35-28)18-39(25)29(41)26(33(5,6)44)36-31(43)49-32(2,3)4/h8-9,12-15,20,22-23,25-26,44H,1,10-11,16-18H2,2-7H3,(H,36,43)(H,37,40)(H,38,42). The number of fused-ring (bicyclic) bond motifs is 1. The first kappa shape index (κ1) is 36.8. The van der Waals surface area contributed by atoms with E-state index in [0.29, 0.717) is 24.0 Å². The van der Waals surface area contributed by atoms with Gasteiger partial charge in [0.15, 0.2) is 0 Å². The molecule has 272 valence electrons. The van der Waals surface area contributed by atoms with Crippen molar-refractivity contribution >= 4 is 44.6 Å². The minimum atomic E-state index is -3.92. The largest absolute Gasteiger partial charge is 0.497 e. The van der Waals surface area contributed by atoms with Crippen LogP contribution in [0.2, 0.25) is 0 Å². The number of aliphatic hydroxyl groups is 1. The maximum atomic E-state index is 14.3. The molecule has 3 aliphatic rings. The zero-order valence-corrected chi connectivity index (χ0v) is 29.8. The van der Waals surface area contributed by atoms with Gasteiger partial charge in [-0.3, -0.25) is 19.1 Å². The fourth-order valence-corrected chi connectivity index (χ4v) is 7.40. The summed E-state index contributed by atoms with van der Waals surface area (Å²) in [5.41, 5.74) is -4.32. The number of nitrogens with zero attached hydrogens (tertiary/aromatic N) is 2. The van der Waals surface area contributed by atoms with Gasteiger partial charge >= 0.3 is 6.09 Å². The van der Waals surface area contributed by atoms with Crippen molar-refractivity contribution < 1.29 is 46.9 Å². The van der Waals surface area contributed by atoms with Gasteiger partial charge in [0.05, 0.1) is 24.5 Å². The summed E-state index contributed by atoms with van der Waals surface area (Å²) in [6.45, 7) is 11.2. The first-order valence-corrected chi connectivity index (χ1v) is 17.9. The molecule has 5 unspecified atom stereocenters. The maximum Gasteiger partial charge on any atom is 0.408 e. The summed E-state index contributed by atoms with van der Waals surface area (Å²) in [5.74, 6) is -2.15. The van der Waals surface area contributed by atoms with Crippen molar-refractivity contribution in [3.05, 3.63) is 43.1 Å². The van der Waals surface area contributed by atoms with Crippen molar-refractivity contribution in [2.24, 2.45) is 5.92 Å². The van der Waals surface area contributed by atoms with Crippen molar-refractivity contribution in [1.29, 1.82) is 0 Å². The molecule has 4 amide bonds. The lowest BCUT2D eigenvalue weighted by Gasteiger charge is -2.35. The summed E-state index contributed by atoms with van der Waals surface area (Å²) >= 11 is 0. The third-order valence-electron chi connectivity index (χ3n) is 8.93. The van der Waals surface area contributed by atoms with E-state index in [1.807, 2.05) is 0 Å². The number of nitrogens with one attached hydrogen (secondary N) is 3. The smallest absolute Gasteiger partial charge is 0.408 e. The SMILES string of the molecule is C=CC1CC1(NC(=O)C1CC(Oc2nccc3cc(OC)ccc23)CN1C(=O)C(NC(=O)OC(C)(C)C)C(C)(C)O)C(=O)NS(=O)(=O)C1CC1. The molecule has 5 atom stereocenters. The second-order valence-electron chi connectivity index (χ2n) is 14.6. The fourth-order valence-electron chi connectivity index (χ4n) is 6.03. The van der Waals surface area contributed by atoms with Gasteiger partial charge in [-0.25, -0.2) is 18.2 Å². The minimum Gasteiger partial charge on any atom is -0.497 e. The number of methoxy groups -OCH3 is 1. The predicted molar refractivity (Wildman–Crippen MR) is 182 cm³/mol. The van der Waals surface area contributed by atoms with Gasteiger partial charge in [0.2, 0.25) is 27.7 Å². The lowest BCUT2D eigenvalue weighted by molar-refractivity contribution is -0.145. The average Bonchev–Trinajstić information content (AvgIpc) is 3.95. The lowest BCUT2D eigenvalue weighted by atomic mass is 9.97. The Kier molecular flexibility index (Phi) is 9.84. The van der Waals surface area contributed by atoms with Crippen molar-refractivity contribution in [1.82, 2.24) is 25.2 Å². The fraction of sp³-hybridized carbons (Fsp3) is 0.559. The van der Waals surface area contributed by atoms with E-state index < -0.39 is 79.9 Å².